The van der Waals surface area contributed by atoms with E-state index in [1.807, 2.05) is 0 Å². The van der Waals surface area contributed by atoms with Gasteiger partial charge in [0.15, 0.2) is 0 Å². The Morgan fingerprint density at radius 2 is 1.95 bits per heavy atom. The maximum Gasteiger partial charge on any atom is 0.322 e. The molecule has 1 unspecified atom stereocenters. The molecule has 1 N–H and O–H groups in total. The van der Waals surface area contributed by atoms with E-state index in [-0.39, 0.29) is 5.75 Å². The summed E-state index contributed by atoms with van der Waals surface area (Å²) in [5, 5.41) is 9.04. The second-order valence-corrected chi connectivity index (χ2v) is 7.31. The first kappa shape index (κ1) is 14.7. The molecular formula is C12H21NO5S. The number of ether oxygens (including phenoxy) is 1. The van der Waals surface area contributed by atoms with Gasteiger partial charge in [0, 0.05) is 19.8 Å². The van der Waals surface area contributed by atoms with E-state index in [4.69, 9.17) is 9.84 Å². The Morgan fingerprint density at radius 3 is 2.58 bits per heavy atom. The Balaban J connectivity index is 1.92. The van der Waals surface area contributed by atoms with Crippen molar-refractivity contribution in [2.24, 2.45) is 5.92 Å². The number of hydrogen-bond donors (Lipinski definition) is 1. The van der Waals surface area contributed by atoms with Crippen molar-refractivity contribution in [3.05, 3.63) is 0 Å². The van der Waals surface area contributed by atoms with Crippen LogP contribution in [0.2, 0.25) is 0 Å². The van der Waals surface area contributed by atoms with Crippen molar-refractivity contribution < 1.29 is 23.1 Å². The third-order valence-electron chi connectivity index (χ3n) is 3.97. The zero-order chi connectivity index (χ0) is 13.9. The standard InChI is InChI=1S/C12H21NO5S/c14-12(15)11-2-1-6-13(11)19(16,17)9-5-10-3-7-18-8-4-10/h10-11H,1-9H2,(H,14,15). The van der Waals surface area contributed by atoms with Gasteiger partial charge in [-0.1, -0.05) is 0 Å². The first-order valence-electron chi connectivity index (χ1n) is 6.81. The second-order valence-electron chi connectivity index (χ2n) is 5.27. The third-order valence-corrected chi connectivity index (χ3v) is 5.87. The van der Waals surface area contributed by atoms with Crippen LogP contribution in [-0.4, -0.2) is 55.4 Å². The minimum absolute atomic E-state index is 0.0570. The lowest BCUT2D eigenvalue weighted by Gasteiger charge is -2.24. The Kier molecular flexibility index (Phi) is 4.81. The van der Waals surface area contributed by atoms with Crippen LogP contribution in [0.3, 0.4) is 0 Å². The fraction of sp³-hybridized carbons (Fsp3) is 0.917. The number of carbonyl (C=O) groups is 1. The van der Waals surface area contributed by atoms with E-state index in [1.165, 1.54) is 4.31 Å². The first-order valence-corrected chi connectivity index (χ1v) is 8.41. The van der Waals surface area contributed by atoms with Gasteiger partial charge in [-0.25, -0.2) is 8.42 Å². The summed E-state index contributed by atoms with van der Waals surface area (Å²) in [7, 11) is -3.44. The summed E-state index contributed by atoms with van der Waals surface area (Å²) in [5.74, 6) is -0.594. The van der Waals surface area contributed by atoms with E-state index < -0.39 is 22.0 Å². The molecule has 2 aliphatic heterocycles. The molecule has 0 aliphatic carbocycles. The molecule has 2 heterocycles. The molecule has 0 spiro atoms. The molecule has 0 amide bonds. The highest BCUT2D eigenvalue weighted by Gasteiger charge is 2.38. The largest absolute Gasteiger partial charge is 0.480 e. The lowest BCUT2D eigenvalue weighted by molar-refractivity contribution is -0.140. The smallest absolute Gasteiger partial charge is 0.322 e. The van der Waals surface area contributed by atoms with Crippen molar-refractivity contribution >= 4 is 16.0 Å². The van der Waals surface area contributed by atoms with E-state index in [2.05, 4.69) is 0 Å². The normalized spacial score (nSPS) is 26.6. The average Bonchev–Trinajstić information content (AvgIpc) is 2.88. The maximum absolute atomic E-state index is 12.2. The Labute approximate surface area is 113 Å². The zero-order valence-corrected chi connectivity index (χ0v) is 11.8. The van der Waals surface area contributed by atoms with Crippen molar-refractivity contribution in [1.82, 2.24) is 4.31 Å². The van der Waals surface area contributed by atoms with Gasteiger partial charge in [-0.2, -0.15) is 4.31 Å². The SMILES string of the molecule is O=C(O)C1CCCN1S(=O)(=O)CCC1CCOCC1. The van der Waals surface area contributed by atoms with Crippen LogP contribution in [0.4, 0.5) is 0 Å². The molecule has 19 heavy (non-hydrogen) atoms. The van der Waals surface area contributed by atoms with Gasteiger partial charge in [-0.3, -0.25) is 4.79 Å². The summed E-state index contributed by atoms with van der Waals surface area (Å²) >= 11 is 0. The predicted octanol–water partition coefficient (Wildman–Crippen LogP) is 0.682. The topological polar surface area (TPSA) is 83.9 Å². The van der Waals surface area contributed by atoms with E-state index in [0.717, 1.165) is 12.8 Å². The van der Waals surface area contributed by atoms with Gasteiger partial charge < -0.3 is 9.84 Å². The Morgan fingerprint density at radius 1 is 1.26 bits per heavy atom. The number of carboxylic acid groups (broad SMARTS) is 1. The second kappa shape index (κ2) is 6.19. The molecule has 7 heteroatoms. The van der Waals surface area contributed by atoms with Gasteiger partial charge in [0.2, 0.25) is 10.0 Å². The molecule has 0 aromatic heterocycles. The van der Waals surface area contributed by atoms with Gasteiger partial charge in [0.25, 0.3) is 0 Å². The summed E-state index contributed by atoms with van der Waals surface area (Å²) in [4.78, 5) is 11.0. The van der Waals surface area contributed by atoms with Crippen molar-refractivity contribution in [3.8, 4) is 0 Å². The van der Waals surface area contributed by atoms with E-state index in [9.17, 15) is 13.2 Å². The zero-order valence-electron chi connectivity index (χ0n) is 11.0. The fourth-order valence-electron chi connectivity index (χ4n) is 2.79. The molecule has 2 rings (SSSR count). The summed E-state index contributed by atoms with van der Waals surface area (Å²) in [6, 6.07) is -0.861. The van der Waals surface area contributed by atoms with Crippen LogP contribution in [0.5, 0.6) is 0 Å². The molecule has 6 nitrogen and oxygen atoms in total. The molecule has 1 atom stereocenters. The molecule has 0 aromatic carbocycles. The van der Waals surface area contributed by atoms with Crippen LogP contribution in [-0.2, 0) is 19.6 Å². The number of aliphatic carboxylic acids is 1. The monoisotopic (exact) mass is 291 g/mol. The predicted molar refractivity (Wildman–Crippen MR) is 69.3 cm³/mol. The fourth-order valence-corrected chi connectivity index (χ4v) is 4.64. The van der Waals surface area contributed by atoms with Crippen LogP contribution in [0.25, 0.3) is 0 Å². The lowest BCUT2D eigenvalue weighted by Crippen LogP contribution is -2.41. The lowest BCUT2D eigenvalue weighted by atomic mass is 9.98. The first-order chi connectivity index (χ1) is 9.00. The minimum Gasteiger partial charge on any atom is -0.480 e. The summed E-state index contributed by atoms with van der Waals surface area (Å²) in [6.45, 7) is 1.74. The molecule has 2 saturated heterocycles. The summed E-state index contributed by atoms with van der Waals surface area (Å²) in [5.41, 5.74) is 0. The number of hydrogen-bond acceptors (Lipinski definition) is 4. The van der Waals surface area contributed by atoms with Crippen molar-refractivity contribution in [1.29, 1.82) is 0 Å². The highest BCUT2D eigenvalue weighted by Crippen LogP contribution is 2.24. The van der Waals surface area contributed by atoms with E-state index >= 15 is 0 Å². The number of nitrogens with zero attached hydrogens (tertiary/aromatic N) is 1. The van der Waals surface area contributed by atoms with Gasteiger partial charge in [-0.15, -0.1) is 0 Å². The molecule has 0 radical (unpaired) electrons. The highest BCUT2D eigenvalue weighted by molar-refractivity contribution is 7.89. The van der Waals surface area contributed by atoms with Gasteiger partial charge in [-0.05, 0) is 38.0 Å². The molecular weight excluding hydrogens is 270 g/mol. The number of carboxylic acids is 1. The van der Waals surface area contributed by atoms with Crippen LogP contribution in [0.1, 0.15) is 32.1 Å². The van der Waals surface area contributed by atoms with Crippen molar-refractivity contribution in [3.63, 3.8) is 0 Å². The number of sulfonamides is 1. The van der Waals surface area contributed by atoms with Crippen molar-refractivity contribution in [2.75, 3.05) is 25.5 Å². The van der Waals surface area contributed by atoms with Crippen LogP contribution >= 0.6 is 0 Å². The van der Waals surface area contributed by atoms with Gasteiger partial charge >= 0.3 is 5.97 Å². The minimum atomic E-state index is -3.44. The molecule has 0 aromatic rings. The maximum atomic E-state index is 12.2. The summed E-state index contributed by atoms with van der Waals surface area (Å²) in [6.07, 6.45) is 3.46. The molecule has 2 aliphatic rings. The van der Waals surface area contributed by atoms with Crippen LogP contribution in [0, 0.1) is 5.92 Å². The molecule has 2 fully saturated rings. The summed E-state index contributed by atoms with van der Waals surface area (Å²) < 4.78 is 30.9. The van der Waals surface area contributed by atoms with Gasteiger partial charge in [0.05, 0.1) is 5.75 Å². The van der Waals surface area contributed by atoms with Crippen molar-refractivity contribution in [2.45, 2.75) is 38.1 Å². The highest BCUT2D eigenvalue weighted by atomic mass is 32.2. The molecule has 110 valence electrons. The van der Waals surface area contributed by atoms with Crippen LogP contribution in [0.15, 0.2) is 0 Å². The van der Waals surface area contributed by atoms with E-state index in [0.29, 0.717) is 44.9 Å². The molecule has 0 saturated carbocycles. The van der Waals surface area contributed by atoms with Crippen LogP contribution < -0.4 is 0 Å². The van der Waals surface area contributed by atoms with Gasteiger partial charge in [0.1, 0.15) is 6.04 Å². The Hall–Kier alpha value is -0.660. The molecule has 0 bridgehead atoms. The Bertz CT molecular complexity index is 416. The quantitative estimate of drug-likeness (QED) is 0.805. The van der Waals surface area contributed by atoms with E-state index in [1.54, 1.807) is 0 Å². The number of rotatable bonds is 5. The average molecular weight is 291 g/mol. The third kappa shape index (κ3) is 3.67.